The van der Waals surface area contributed by atoms with Crippen LogP contribution in [0, 0.1) is 17.8 Å². The van der Waals surface area contributed by atoms with Crippen molar-refractivity contribution in [3.05, 3.63) is 12.0 Å². The summed E-state index contributed by atoms with van der Waals surface area (Å²) in [6, 6.07) is -0.0411. The molecule has 2 N–H and O–H groups in total. The van der Waals surface area contributed by atoms with Gasteiger partial charge in [-0.3, -0.25) is 10.2 Å². The molecule has 2 saturated heterocycles. The standard InChI is InChI=1S/C17H24F3N5O2/c1-10(17(18,19)20)12-6-21-7-13(12)15-22-14-8-24(9-25(14)16(26)23-15)11-2-4-27-5-3-11/h8,10-13,21H,2-7,9H2,1H3,(H,22,23,26). The second-order valence-corrected chi connectivity index (χ2v) is 7.60. The number of nitrogens with one attached hydrogen (secondary N) is 2. The van der Waals surface area contributed by atoms with Crippen molar-refractivity contribution in [1.82, 2.24) is 20.4 Å². The number of carbonyl (C=O) groups excluding carboxylic acids is 1. The molecule has 3 atom stereocenters. The lowest BCUT2D eigenvalue weighted by Crippen LogP contribution is -2.51. The van der Waals surface area contributed by atoms with Crippen LogP contribution < -0.4 is 10.6 Å². The van der Waals surface area contributed by atoms with Crippen LogP contribution in [0.25, 0.3) is 0 Å². The van der Waals surface area contributed by atoms with E-state index in [0.29, 0.717) is 38.1 Å². The summed E-state index contributed by atoms with van der Waals surface area (Å²) in [4.78, 5) is 20.7. The van der Waals surface area contributed by atoms with Gasteiger partial charge in [0.25, 0.3) is 0 Å². The Labute approximate surface area is 155 Å². The maximum Gasteiger partial charge on any atom is 0.391 e. The van der Waals surface area contributed by atoms with Gasteiger partial charge in [0, 0.05) is 37.9 Å². The van der Waals surface area contributed by atoms with Crippen molar-refractivity contribution in [2.24, 2.45) is 22.7 Å². The van der Waals surface area contributed by atoms with Crippen LogP contribution in [0.3, 0.4) is 0 Å². The molecule has 4 rings (SSSR count). The van der Waals surface area contributed by atoms with E-state index in [9.17, 15) is 18.0 Å². The highest BCUT2D eigenvalue weighted by atomic mass is 19.4. The van der Waals surface area contributed by atoms with Crippen molar-refractivity contribution >= 4 is 11.9 Å². The van der Waals surface area contributed by atoms with Gasteiger partial charge in [0.15, 0.2) is 5.82 Å². The predicted molar refractivity (Wildman–Crippen MR) is 91.5 cm³/mol. The van der Waals surface area contributed by atoms with Crippen LogP contribution in [0.15, 0.2) is 17.0 Å². The average Bonchev–Trinajstić information content (AvgIpc) is 3.28. The van der Waals surface area contributed by atoms with E-state index in [-0.39, 0.29) is 18.6 Å². The number of ether oxygens (including phenoxy) is 1. The minimum atomic E-state index is -4.27. The highest BCUT2D eigenvalue weighted by molar-refractivity contribution is 6.02. The molecule has 27 heavy (non-hydrogen) atoms. The van der Waals surface area contributed by atoms with Gasteiger partial charge in [0.05, 0.1) is 5.92 Å². The molecular weight excluding hydrogens is 363 g/mol. The number of hydrogen-bond donors (Lipinski definition) is 2. The highest BCUT2D eigenvalue weighted by Gasteiger charge is 2.48. The number of rotatable bonds is 3. The van der Waals surface area contributed by atoms with Crippen molar-refractivity contribution in [1.29, 1.82) is 0 Å². The normalized spacial score (nSPS) is 30.7. The number of halogens is 3. The summed E-state index contributed by atoms with van der Waals surface area (Å²) in [6.07, 6.45) is -0.660. The smallest absolute Gasteiger partial charge is 0.381 e. The number of urea groups is 1. The van der Waals surface area contributed by atoms with E-state index in [1.165, 1.54) is 11.8 Å². The number of alkyl halides is 3. The molecule has 0 bridgehead atoms. The van der Waals surface area contributed by atoms with Crippen molar-refractivity contribution in [3.63, 3.8) is 0 Å². The fourth-order valence-electron chi connectivity index (χ4n) is 4.26. The number of aliphatic imine (C=N–C) groups is 1. The number of amides is 2. The maximum atomic E-state index is 13.2. The summed E-state index contributed by atoms with van der Waals surface area (Å²) in [6.45, 7) is 3.63. The van der Waals surface area contributed by atoms with Crippen LogP contribution in [-0.2, 0) is 4.74 Å². The molecule has 0 saturated carbocycles. The first-order valence-corrected chi connectivity index (χ1v) is 9.34. The Morgan fingerprint density at radius 1 is 1.30 bits per heavy atom. The molecule has 4 aliphatic rings. The quantitative estimate of drug-likeness (QED) is 0.774. The summed E-state index contributed by atoms with van der Waals surface area (Å²) in [5, 5.41) is 5.75. The minimum absolute atomic E-state index is 0.261. The van der Waals surface area contributed by atoms with E-state index in [4.69, 9.17) is 4.74 Å². The van der Waals surface area contributed by atoms with E-state index in [1.54, 1.807) is 0 Å². The van der Waals surface area contributed by atoms with E-state index in [2.05, 4.69) is 20.5 Å². The molecule has 0 spiro atoms. The van der Waals surface area contributed by atoms with Gasteiger partial charge >= 0.3 is 12.2 Å². The molecule has 10 heteroatoms. The fraction of sp³-hybridized carbons (Fsp3) is 0.765. The Morgan fingerprint density at radius 2 is 2.04 bits per heavy atom. The lowest BCUT2D eigenvalue weighted by molar-refractivity contribution is -0.183. The lowest BCUT2D eigenvalue weighted by Gasteiger charge is -2.33. The fourth-order valence-corrected chi connectivity index (χ4v) is 4.26. The van der Waals surface area contributed by atoms with Gasteiger partial charge < -0.3 is 15.0 Å². The zero-order valence-electron chi connectivity index (χ0n) is 15.1. The molecule has 0 aliphatic carbocycles. The van der Waals surface area contributed by atoms with Crippen LogP contribution in [0.1, 0.15) is 19.8 Å². The Balaban J connectivity index is 1.54. The Kier molecular flexibility index (Phi) is 4.79. The summed E-state index contributed by atoms with van der Waals surface area (Å²) in [5.41, 5.74) is 0. The van der Waals surface area contributed by atoms with Gasteiger partial charge in [-0.2, -0.15) is 13.2 Å². The summed E-state index contributed by atoms with van der Waals surface area (Å²) < 4.78 is 45.0. The predicted octanol–water partition coefficient (Wildman–Crippen LogP) is 1.70. The first kappa shape index (κ1) is 18.5. The first-order chi connectivity index (χ1) is 12.8. The molecular formula is C17H24F3N5O2. The third-order valence-corrected chi connectivity index (χ3v) is 6.01. The molecule has 0 aromatic heterocycles. The molecule has 0 radical (unpaired) electrons. The zero-order valence-corrected chi connectivity index (χ0v) is 15.1. The van der Waals surface area contributed by atoms with E-state index >= 15 is 0 Å². The number of nitrogens with zero attached hydrogens (tertiary/aromatic N) is 3. The number of amidine groups is 1. The van der Waals surface area contributed by atoms with E-state index < -0.39 is 23.9 Å². The van der Waals surface area contributed by atoms with Gasteiger partial charge in [-0.1, -0.05) is 6.92 Å². The van der Waals surface area contributed by atoms with Crippen molar-refractivity contribution in [2.45, 2.75) is 32.0 Å². The highest BCUT2D eigenvalue weighted by Crippen LogP contribution is 2.38. The SMILES string of the molecule is CC(C1CNCC1C1=NC2=CN(C3CCOCC3)CN2C(=O)N1)C(F)(F)F. The van der Waals surface area contributed by atoms with Crippen LogP contribution in [0.5, 0.6) is 0 Å². The Bertz CT molecular complexity index is 659. The van der Waals surface area contributed by atoms with Crippen LogP contribution in [0.4, 0.5) is 18.0 Å². The summed E-state index contributed by atoms with van der Waals surface area (Å²) >= 11 is 0. The lowest BCUT2D eigenvalue weighted by atomic mass is 9.83. The van der Waals surface area contributed by atoms with Crippen molar-refractivity contribution < 1.29 is 22.7 Å². The number of hydrogen-bond acceptors (Lipinski definition) is 5. The molecule has 0 aromatic carbocycles. The van der Waals surface area contributed by atoms with Crippen LogP contribution >= 0.6 is 0 Å². The summed E-state index contributed by atoms with van der Waals surface area (Å²) in [7, 11) is 0. The maximum absolute atomic E-state index is 13.2. The molecule has 2 fully saturated rings. The first-order valence-electron chi connectivity index (χ1n) is 9.34. The number of fused-ring (bicyclic) bond motifs is 1. The molecule has 0 aromatic rings. The van der Waals surface area contributed by atoms with Gasteiger partial charge in [0.2, 0.25) is 0 Å². The second kappa shape index (κ2) is 6.97. The molecule has 7 nitrogen and oxygen atoms in total. The molecule has 150 valence electrons. The Morgan fingerprint density at radius 3 is 2.74 bits per heavy atom. The molecule has 3 unspecified atom stereocenters. The van der Waals surface area contributed by atoms with Crippen molar-refractivity contribution in [2.75, 3.05) is 33.0 Å². The molecule has 4 heterocycles. The Hall–Kier alpha value is -1.81. The van der Waals surface area contributed by atoms with Gasteiger partial charge in [0.1, 0.15) is 12.5 Å². The monoisotopic (exact) mass is 387 g/mol. The van der Waals surface area contributed by atoms with Gasteiger partial charge in [-0.15, -0.1) is 0 Å². The average molecular weight is 387 g/mol. The minimum Gasteiger partial charge on any atom is -0.381 e. The molecule has 2 amide bonds. The summed E-state index contributed by atoms with van der Waals surface area (Å²) in [5.74, 6) is -1.74. The zero-order chi connectivity index (χ0) is 19.2. The third-order valence-electron chi connectivity index (χ3n) is 6.01. The van der Waals surface area contributed by atoms with Crippen LogP contribution in [0.2, 0.25) is 0 Å². The van der Waals surface area contributed by atoms with Crippen LogP contribution in [-0.4, -0.2) is 66.9 Å². The second-order valence-electron chi connectivity index (χ2n) is 7.60. The topological polar surface area (TPSA) is 69.2 Å². The van der Waals surface area contributed by atoms with Gasteiger partial charge in [-0.25, -0.2) is 9.79 Å². The largest absolute Gasteiger partial charge is 0.391 e. The van der Waals surface area contributed by atoms with E-state index in [1.807, 2.05) is 6.20 Å². The number of carbonyl (C=O) groups is 1. The van der Waals surface area contributed by atoms with Crippen molar-refractivity contribution in [3.8, 4) is 0 Å². The van der Waals surface area contributed by atoms with Gasteiger partial charge in [-0.05, 0) is 25.3 Å². The van der Waals surface area contributed by atoms with E-state index in [0.717, 1.165) is 12.8 Å². The molecule has 4 aliphatic heterocycles. The third kappa shape index (κ3) is 3.52.